The predicted octanol–water partition coefficient (Wildman–Crippen LogP) is 26.3. The summed E-state index contributed by atoms with van der Waals surface area (Å²) in [5.41, 5.74) is 23.8. The topological polar surface area (TPSA) is 55.4 Å². The molecule has 0 atom stereocenters. The lowest BCUT2D eigenvalue weighted by Gasteiger charge is -2.26. The van der Waals surface area contributed by atoms with Crippen LogP contribution in [0.3, 0.4) is 0 Å². The molecule has 0 heterocycles. The number of ether oxygens (including phenoxy) is 6. The maximum atomic E-state index is 13.4. The maximum Gasteiger partial charge on any atom is 0.123 e. The molecule has 110 heavy (non-hydrogen) atoms. The van der Waals surface area contributed by atoms with Gasteiger partial charge in [0.2, 0.25) is 0 Å². The summed E-state index contributed by atoms with van der Waals surface area (Å²) in [5.74, 6) is 1.54. The van der Waals surface area contributed by atoms with Crippen molar-refractivity contribution in [3.05, 3.63) is 389 Å². The smallest absolute Gasteiger partial charge is 0.123 e. The molecule has 0 bridgehead atoms. The summed E-state index contributed by atoms with van der Waals surface area (Å²) in [6.07, 6.45) is 4.52. The van der Waals surface area contributed by atoms with Crippen LogP contribution in [-0.2, 0) is 78.2 Å². The van der Waals surface area contributed by atoms with Crippen LogP contribution in [0.2, 0.25) is 0 Å². The summed E-state index contributed by atoms with van der Waals surface area (Å²) in [6, 6.07) is 69.8. The predicted molar refractivity (Wildman–Crippen MR) is 437 cm³/mol. The molecule has 0 N–H and O–H groups in total. The molecule has 12 aromatic carbocycles. The van der Waals surface area contributed by atoms with E-state index in [4.69, 9.17) is 28.4 Å². The highest BCUT2D eigenvalue weighted by Gasteiger charge is 2.25. The van der Waals surface area contributed by atoms with Crippen LogP contribution in [-0.4, -0.2) is 0 Å². The normalized spacial score (nSPS) is 10.4. The van der Waals surface area contributed by atoms with E-state index in [0.717, 1.165) is 105 Å². The summed E-state index contributed by atoms with van der Waals surface area (Å²) in [7, 11) is 0. The molecule has 12 heteroatoms. The molecule has 0 aromatic heterocycles. The quantitative estimate of drug-likeness (QED) is 0.0562. The molecule has 12 aromatic rings. The number of benzene rings is 12. The Labute approximate surface area is 649 Å². The Balaban J connectivity index is 0.000000217. The molecule has 0 spiro atoms. The van der Waals surface area contributed by atoms with Crippen molar-refractivity contribution in [2.75, 3.05) is 0 Å². The van der Waals surface area contributed by atoms with E-state index in [1.54, 1.807) is 72.8 Å². The van der Waals surface area contributed by atoms with Gasteiger partial charge in [-0.1, -0.05) is 183 Å². The molecule has 0 aliphatic rings. The van der Waals surface area contributed by atoms with Crippen molar-refractivity contribution in [1.82, 2.24) is 0 Å². The minimum absolute atomic E-state index is 0.301. The molecular weight excluding hydrogens is 1390 g/mol. The van der Waals surface area contributed by atoms with Gasteiger partial charge in [-0.15, -0.1) is 0 Å². The van der Waals surface area contributed by atoms with Crippen molar-refractivity contribution in [3.63, 3.8) is 0 Å². The van der Waals surface area contributed by atoms with Crippen LogP contribution >= 0.6 is 0 Å². The average Bonchev–Trinajstić information content (AvgIpc) is 0.774. The summed E-state index contributed by atoms with van der Waals surface area (Å²) < 4.78 is 117. The summed E-state index contributed by atoms with van der Waals surface area (Å²) >= 11 is 0. The fourth-order valence-electron chi connectivity index (χ4n) is 12.5. The lowest BCUT2D eigenvalue weighted by Crippen LogP contribution is -2.17. The SMILES string of the molecule is CCc1c(COc2ccc(F)cc2)c(CC)c(COc2ccc(F)cc2)c(CC)c1COc1ccc(F)cc1.CCc1c(COc2ccc(F)cc2)c(CC)c(COc2ccc(F)cc2)c(CC)c1COc1ccc(F)cc1.Cc1ccc(C)cc1.Cc1ccc(C)cc1.Cc1ccc(C)cc1.Cc1ccc(C)cc1. The molecule has 0 fully saturated rings. The van der Waals surface area contributed by atoms with Gasteiger partial charge in [0.1, 0.15) is 109 Å². The summed E-state index contributed by atoms with van der Waals surface area (Å²) in [6.45, 7) is 31.2. The molecule has 12 rings (SSSR count). The zero-order chi connectivity index (χ0) is 79.5. The van der Waals surface area contributed by atoms with E-state index in [1.165, 1.54) is 117 Å². The summed E-state index contributed by atoms with van der Waals surface area (Å²) in [4.78, 5) is 0. The summed E-state index contributed by atoms with van der Waals surface area (Å²) in [5, 5.41) is 0. The fraction of sp³-hybridized carbons (Fsp3) is 0.265. The number of hydrogen-bond donors (Lipinski definition) is 0. The minimum atomic E-state index is -0.321. The van der Waals surface area contributed by atoms with Crippen molar-refractivity contribution in [1.29, 1.82) is 0 Å². The Hall–Kier alpha value is -11.0. The lowest BCUT2D eigenvalue weighted by atomic mass is 9.84. The number of rotatable bonds is 24. The van der Waals surface area contributed by atoms with Gasteiger partial charge in [0.15, 0.2) is 0 Å². The van der Waals surface area contributed by atoms with E-state index >= 15 is 0 Å². The first-order valence-electron chi connectivity index (χ1n) is 37.8. The molecule has 0 radical (unpaired) electrons. The average molecular weight is 1490 g/mol. The van der Waals surface area contributed by atoms with Crippen LogP contribution < -0.4 is 28.4 Å². The van der Waals surface area contributed by atoms with Gasteiger partial charge in [0.25, 0.3) is 0 Å². The first-order valence-corrected chi connectivity index (χ1v) is 37.8. The molecule has 0 unspecified atom stereocenters. The number of halogens is 6. The highest BCUT2D eigenvalue weighted by atomic mass is 19.1. The Bertz CT molecular complexity index is 3830. The van der Waals surface area contributed by atoms with Gasteiger partial charge in [0.05, 0.1) is 0 Å². The van der Waals surface area contributed by atoms with Crippen molar-refractivity contribution in [2.45, 2.75) is 175 Å². The van der Waals surface area contributed by atoms with Crippen molar-refractivity contribution < 1.29 is 54.8 Å². The lowest BCUT2D eigenvalue weighted by molar-refractivity contribution is 0.287. The van der Waals surface area contributed by atoms with E-state index in [1.807, 2.05) is 0 Å². The van der Waals surface area contributed by atoms with Gasteiger partial charge in [-0.05, 0) is 306 Å². The zero-order valence-electron chi connectivity index (χ0n) is 66.3. The largest absolute Gasteiger partial charge is 0.489 e. The Morgan fingerprint density at radius 2 is 0.255 bits per heavy atom. The van der Waals surface area contributed by atoms with Crippen LogP contribution in [0.1, 0.15) is 153 Å². The van der Waals surface area contributed by atoms with E-state index in [0.29, 0.717) is 74.1 Å². The Kier molecular flexibility index (Phi) is 35.4. The Morgan fingerprint density at radius 1 is 0.155 bits per heavy atom. The minimum Gasteiger partial charge on any atom is -0.489 e. The van der Waals surface area contributed by atoms with Crippen LogP contribution in [0.15, 0.2) is 243 Å². The van der Waals surface area contributed by atoms with E-state index in [-0.39, 0.29) is 34.9 Å². The maximum absolute atomic E-state index is 13.4. The highest BCUT2D eigenvalue weighted by Crippen LogP contribution is 2.36. The molecule has 0 aliphatic heterocycles. The van der Waals surface area contributed by atoms with Gasteiger partial charge < -0.3 is 28.4 Å². The van der Waals surface area contributed by atoms with Crippen molar-refractivity contribution >= 4 is 0 Å². The second-order valence-electron chi connectivity index (χ2n) is 26.9. The zero-order valence-corrected chi connectivity index (χ0v) is 66.3. The van der Waals surface area contributed by atoms with Crippen LogP contribution in [0, 0.1) is 90.3 Å². The second kappa shape index (κ2) is 45.1. The second-order valence-corrected chi connectivity index (χ2v) is 26.9. The third-order valence-electron chi connectivity index (χ3n) is 18.5. The number of hydrogen-bond acceptors (Lipinski definition) is 6. The van der Waals surface area contributed by atoms with E-state index in [9.17, 15) is 26.3 Å². The Morgan fingerprint density at radius 3 is 0.345 bits per heavy atom. The monoisotopic (exact) mass is 1490 g/mol. The standard InChI is InChI=1S/2C33H33F3O3.4C8H10/c2*1-4-28-31(19-37-25-13-7-22(34)8-14-25)29(5-2)33(21-39-27-17-11-24(36)12-18-27)30(6-3)32(28)20-38-26-15-9-23(35)10-16-26;4*1-7-3-5-8(2)6-4-7/h2*7-18H,4-6,19-21H2,1-3H3;4*3-6H,1-2H3. The molecule has 0 saturated heterocycles. The van der Waals surface area contributed by atoms with Crippen LogP contribution in [0.25, 0.3) is 0 Å². The first kappa shape index (κ1) is 86.3. The van der Waals surface area contributed by atoms with E-state index in [2.05, 4.69) is 194 Å². The van der Waals surface area contributed by atoms with Gasteiger partial charge in [-0.25, -0.2) is 26.3 Å². The first-order chi connectivity index (χ1) is 53.0. The molecule has 576 valence electrons. The molecule has 0 amide bonds. The highest BCUT2D eigenvalue weighted by molar-refractivity contribution is 5.54. The van der Waals surface area contributed by atoms with Gasteiger partial charge in [-0.2, -0.15) is 0 Å². The third kappa shape index (κ3) is 27.9. The third-order valence-corrected chi connectivity index (χ3v) is 18.5. The van der Waals surface area contributed by atoms with Crippen LogP contribution in [0.5, 0.6) is 34.5 Å². The van der Waals surface area contributed by atoms with Gasteiger partial charge in [0, 0.05) is 0 Å². The molecule has 6 nitrogen and oxygen atoms in total. The van der Waals surface area contributed by atoms with Gasteiger partial charge in [-0.3, -0.25) is 0 Å². The van der Waals surface area contributed by atoms with Gasteiger partial charge >= 0.3 is 0 Å². The molecular formula is C98H106F6O6. The number of aryl methyl sites for hydroxylation is 8. The van der Waals surface area contributed by atoms with Crippen molar-refractivity contribution in [2.24, 2.45) is 0 Å². The van der Waals surface area contributed by atoms with E-state index < -0.39 is 0 Å². The van der Waals surface area contributed by atoms with Crippen molar-refractivity contribution in [3.8, 4) is 34.5 Å². The fourth-order valence-corrected chi connectivity index (χ4v) is 12.5. The van der Waals surface area contributed by atoms with Crippen LogP contribution in [0.4, 0.5) is 26.3 Å². The molecule has 0 saturated carbocycles. The molecule has 0 aliphatic carbocycles.